The SMILES string of the molecule is CCOCCCNC(=NCc1nnc(C)n1C)NC1CCN(CC(F)(F)F)C1.I. The first kappa shape index (κ1) is 25.9. The lowest BCUT2D eigenvalue weighted by atomic mass is 10.3. The van der Waals surface area contributed by atoms with Gasteiger partial charge in [0.05, 0.1) is 6.54 Å². The second-order valence-electron chi connectivity index (χ2n) is 6.84. The van der Waals surface area contributed by atoms with Gasteiger partial charge in [0.15, 0.2) is 11.8 Å². The molecule has 168 valence electrons. The number of guanidine groups is 1. The van der Waals surface area contributed by atoms with Crippen molar-refractivity contribution in [3.05, 3.63) is 11.6 Å². The number of aryl methyl sites for hydroxylation is 1. The lowest BCUT2D eigenvalue weighted by Crippen LogP contribution is -2.45. The molecule has 0 saturated carbocycles. The minimum absolute atomic E-state index is 0. The number of hydrogen-bond acceptors (Lipinski definition) is 5. The summed E-state index contributed by atoms with van der Waals surface area (Å²) in [6, 6.07) is -0.0817. The summed E-state index contributed by atoms with van der Waals surface area (Å²) in [7, 11) is 1.87. The van der Waals surface area contributed by atoms with Crippen molar-refractivity contribution in [1.29, 1.82) is 0 Å². The van der Waals surface area contributed by atoms with Gasteiger partial charge in [-0.15, -0.1) is 34.2 Å². The standard InChI is InChI=1S/C17H30F3N7O.HI/c1-4-28-9-5-7-21-16(22-10-15-25-24-13(2)26(15)3)23-14-6-8-27(11-14)12-17(18,19)20;/h14H,4-12H2,1-3H3,(H2,21,22,23);1H. The van der Waals surface area contributed by atoms with E-state index >= 15 is 0 Å². The van der Waals surface area contributed by atoms with Crippen LogP contribution in [-0.4, -0.2) is 77.2 Å². The summed E-state index contributed by atoms with van der Waals surface area (Å²) in [4.78, 5) is 5.95. The van der Waals surface area contributed by atoms with Crippen LogP contribution in [0, 0.1) is 6.92 Å². The molecule has 1 aromatic heterocycles. The van der Waals surface area contributed by atoms with Crippen LogP contribution in [0.3, 0.4) is 0 Å². The van der Waals surface area contributed by atoms with E-state index in [1.807, 2.05) is 25.5 Å². The van der Waals surface area contributed by atoms with Crippen molar-refractivity contribution < 1.29 is 17.9 Å². The fourth-order valence-electron chi connectivity index (χ4n) is 2.96. The fraction of sp³-hybridized carbons (Fsp3) is 0.824. The molecule has 2 rings (SSSR count). The van der Waals surface area contributed by atoms with Crippen molar-refractivity contribution in [1.82, 2.24) is 30.3 Å². The summed E-state index contributed by atoms with van der Waals surface area (Å²) < 4.78 is 44.9. The zero-order chi connectivity index (χ0) is 20.6. The summed E-state index contributed by atoms with van der Waals surface area (Å²) >= 11 is 0. The molecular formula is C17H31F3IN7O. The van der Waals surface area contributed by atoms with Gasteiger partial charge < -0.3 is 19.9 Å². The molecule has 1 saturated heterocycles. The van der Waals surface area contributed by atoms with Crippen molar-refractivity contribution in [2.45, 2.75) is 45.5 Å². The van der Waals surface area contributed by atoms with E-state index in [0.717, 1.165) is 18.1 Å². The Kier molecular flexibility index (Phi) is 11.2. The minimum atomic E-state index is -4.17. The fourth-order valence-corrected chi connectivity index (χ4v) is 2.96. The highest BCUT2D eigenvalue weighted by atomic mass is 127. The highest BCUT2D eigenvalue weighted by Crippen LogP contribution is 2.19. The summed E-state index contributed by atoms with van der Waals surface area (Å²) in [6.07, 6.45) is -2.73. The van der Waals surface area contributed by atoms with Crippen LogP contribution in [0.1, 0.15) is 31.4 Å². The molecule has 1 aromatic rings. The third-order valence-corrected chi connectivity index (χ3v) is 4.54. The largest absolute Gasteiger partial charge is 0.401 e. The Hall–Kier alpha value is -1.15. The van der Waals surface area contributed by atoms with Gasteiger partial charge in [-0.05, 0) is 26.7 Å². The highest BCUT2D eigenvalue weighted by Gasteiger charge is 2.34. The number of halogens is 4. The zero-order valence-electron chi connectivity index (χ0n) is 17.1. The Labute approximate surface area is 186 Å². The van der Waals surface area contributed by atoms with Crippen LogP contribution < -0.4 is 10.6 Å². The van der Waals surface area contributed by atoms with Gasteiger partial charge in [-0.2, -0.15) is 13.2 Å². The number of nitrogens with zero attached hydrogens (tertiary/aromatic N) is 5. The molecule has 2 heterocycles. The van der Waals surface area contributed by atoms with Gasteiger partial charge in [-0.25, -0.2) is 4.99 Å². The third-order valence-electron chi connectivity index (χ3n) is 4.54. The first-order valence-electron chi connectivity index (χ1n) is 9.55. The van der Waals surface area contributed by atoms with Gasteiger partial charge in [-0.3, -0.25) is 4.90 Å². The Balaban J connectivity index is 0.00000420. The second-order valence-corrected chi connectivity index (χ2v) is 6.84. The van der Waals surface area contributed by atoms with E-state index in [0.29, 0.717) is 51.8 Å². The van der Waals surface area contributed by atoms with Crippen LogP contribution in [-0.2, 0) is 18.3 Å². The van der Waals surface area contributed by atoms with Crippen LogP contribution in [0.2, 0.25) is 0 Å². The maximum Gasteiger partial charge on any atom is 0.401 e. The number of aliphatic imine (C=N–C) groups is 1. The number of aromatic nitrogens is 3. The van der Waals surface area contributed by atoms with Gasteiger partial charge in [0.1, 0.15) is 12.4 Å². The molecule has 12 heteroatoms. The van der Waals surface area contributed by atoms with Crippen LogP contribution in [0.15, 0.2) is 4.99 Å². The smallest absolute Gasteiger partial charge is 0.382 e. The van der Waals surface area contributed by atoms with E-state index in [1.165, 1.54) is 4.90 Å². The first-order chi connectivity index (χ1) is 13.3. The van der Waals surface area contributed by atoms with Crippen molar-refractivity contribution >= 4 is 29.9 Å². The number of hydrogen-bond donors (Lipinski definition) is 2. The Bertz CT molecular complexity index is 639. The molecule has 2 N–H and O–H groups in total. The maximum absolute atomic E-state index is 12.6. The van der Waals surface area contributed by atoms with Gasteiger partial charge in [0.25, 0.3) is 0 Å². The molecule has 8 nitrogen and oxygen atoms in total. The lowest BCUT2D eigenvalue weighted by Gasteiger charge is -2.20. The topological polar surface area (TPSA) is 79.6 Å². The molecule has 1 fully saturated rings. The predicted molar refractivity (Wildman–Crippen MR) is 115 cm³/mol. The molecule has 0 aliphatic carbocycles. The van der Waals surface area contributed by atoms with Crippen LogP contribution in [0.25, 0.3) is 0 Å². The lowest BCUT2D eigenvalue weighted by molar-refractivity contribution is -0.143. The third kappa shape index (κ3) is 9.47. The van der Waals surface area contributed by atoms with Crippen molar-refractivity contribution in [3.8, 4) is 0 Å². The van der Waals surface area contributed by atoms with E-state index in [4.69, 9.17) is 4.74 Å². The quantitative estimate of drug-likeness (QED) is 0.219. The summed E-state index contributed by atoms with van der Waals surface area (Å²) in [6.45, 7) is 5.97. The molecule has 1 aliphatic heterocycles. The second kappa shape index (κ2) is 12.5. The Morgan fingerprint density at radius 2 is 2.10 bits per heavy atom. The first-order valence-corrected chi connectivity index (χ1v) is 9.55. The van der Waals surface area contributed by atoms with Gasteiger partial charge in [0.2, 0.25) is 0 Å². The van der Waals surface area contributed by atoms with Crippen molar-refractivity contribution in [2.24, 2.45) is 12.0 Å². The Morgan fingerprint density at radius 3 is 2.72 bits per heavy atom. The zero-order valence-corrected chi connectivity index (χ0v) is 19.5. The van der Waals surface area contributed by atoms with Crippen LogP contribution in [0.5, 0.6) is 0 Å². The summed E-state index contributed by atoms with van der Waals surface area (Å²) in [5, 5.41) is 14.6. The van der Waals surface area contributed by atoms with Crippen molar-refractivity contribution in [3.63, 3.8) is 0 Å². The molecule has 0 amide bonds. The molecule has 1 aliphatic rings. The molecule has 0 bridgehead atoms. The number of rotatable bonds is 9. The average Bonchev–Trinajstić information content (AvgIpc) is 3.18. The summed E-state index contributed by atoms with van der Waals surface area (Å²) in [5.74, 6) is 2.08. The molecule has 1 atom stereocenters. The monoisotopic (exact) mass is 533 g/mol. The normalized spacial score (nSPS) is 18.0. The predicted octanol–water partition coefficient (Wildman–Crippen LogP) is 1.84. The molecule has 29 heavy (non-hydrogen) atoms. The number of nitrogens with one attached hydrogen (secondary N) is 2. The van der Waals surface area contributed by atoms with Crippen molar-refractivity contribution in [2.75, 3.05) is 39.4 Å². The van der Waals surface area contributed by atoms with E-state index in [2.05, 4.69) is 25.8 Å². The highest BCUT2D eigenvalue weighted by molar-refractivity contribution is 14.0. The average molecular weight is 533 g/mol. The van der Waals surface area contributed by atoms with Crippen LogP contribution >= 0.6 is 24.0 Å². The van der Waals surface area contributed by atoms with E-state index < -0.39 is 12.7 Å². The number of likely N-dealkylation sites (tertiary alicyclic amines) is 1. The van der Waals surface area contributed by atoms with E-state index in [1.54, 1.807) is 0 Å². The van der Waals surface area contributed by atoms with E-state index in [9.17, 15) is 13.2 Å². The summed E-state index contributed by atoms with van der Waals surface area (Å²) in [5.41, 5.74) is 0. The molecule has 1 unspecified atom stereocenters. The molecule has 0 radical (unpaired) electrons. The number of alkyl halides is 3. The molecule has 0 spiro atoms. The van der Waals surface area contributed by atoms with Gasteiger partial charge in [0, 0.05) is 45.9 Å². The number of ether oxygens (including phenoxy) is 1. The van der Waals surface area contributed by atoms with E-state index in [-0.39, 0.29) is 30.0 Å². The maximum atomic E-state index is 12.6. The van der Waals surface area contributed by atoms with Gasteiger partial charge >= 0.3 is 6.18 Å². The molecular weight excluding hydrogens is 502 g/mol. The Morgan fingerprint density at radius 1 is 1.34 bits per heavy atom. The minimum Gasteiger partial charge on any atom is -0.382 e. The van der Waals surface area contributed by atoms with Crippen LogP contribution in [0.4, 0.5) is 13.2 Å². The molecule has 0 aromatic carbocycles. The van der Waals surface area contributed by atoms with Gasteiger partial charge in [-0.1, -0.05) is 0 Å².